The van der Waals surface area contributed by atoms with Crippen LogP contribution in [0.3, 0.4) is 0 Å². The predicted molar refractivity (Wildman–Crippen MR) is 80.4 cm³/mol. The topological polar surface area (TPSA) is 45.2 Å². The molecule has 1 saturated heterocycles. The van der Waals surface area contributed by atoms with Gasteiger partial charge >= 0.3 is 0 Å². The Morgan fingerprint density at radius 1 is 1.40 bits per heavy atom. The second kappa shape index (κ2) is 6.84. The molecule has 1 fully saturated rings. The van der Waals surface area contributed by atoms with Gasteiger partial charge in [0.25, 0.3) is 0 Å². The lowest BCUT2D eigenvalue weighted by molar-refractivity contribution is -0.142. The van der Waals surface area contributed by atoms with Crippen LogP contribution in [0.1, 0.15) is 31.9 Å². The third kappa shape index (κ3) is 3.37. The van der Waals surface area contributed by atoms with Gasteiger partial charge in [0.05, 0.1) is 5.41 Å². The summed E-state index contributed by atoms with van der Waals surface area (Å²) in [6.07, 6.45) is 5.46. The molecule has 1 amide bonds. The van der Waals surface area contributed by atoms with Crippen LogP contribution in [0.2, 0.25) is 0 Å². The minimum atomic E-state index is -0.149. The van der Waals surface area contributed by atoms with E-state index < -0.39 is 0 Å². The van der Waals surface area contributed by atoms with Gasteiger partial charge in [-0.05, 0) is 44.5 Å². The summed E-state index contributed by atoms with van der Waals surface area (Å²) in [5, 5.41) is 3.34. The number of pyridine rings is 1. The monoisotopic (exact) mass is 275 g/mol. The molecule has 20 heavy (non-hydrogen) atoms. The molecule has 0 aromatic carbocycles. The fourth-order valence-electron chi connectivity index (χ4n) is 2.96. The molecule has 1 aliphatic rings. The van der Waals surface area contributed by atoms with Crippen LogP contribution in [0, 0.1) is 5.41 Å². The van der Waals surface area contributed by atoms with Crippen molar-refractivity contribution in [2.24, 2.45) is 5.41 Å². The Kier molecular flexibility index (Phi) is 5.12. The molecule has 4 nitrogen and oxygen atoms in total. The average Bonchev–Trinajstić information content (AvgIpc) is 2.53. The molecule has 1 N–H and O–H groups in total. The molecule has 1 aromatic heterocycles. The number of hydrogen-bond acceptors (Lipinski definition) is 3. The Balaban J connectivity index is 1.93. The molecule has 4 heteroatoms. The highest BCUT2D eigenvalue weighted by Crippen LogP contribution is 2.34. The van der Waals surface area contributed by atoms with Gasteiger partial charge in [-0.25, -0.2) is 0 Å². The lowest BCUT2D eigenvalue weighted by Gasteiger charge is -2.38. The summed E-state index contributed by atoms with van der Waals surface area (Å²) in [5.41, 5.74) is 0.896. The normalized spacial score (nSPS) is 17.7. The molecule has 110 valence electrons. The van der Waals surface area contributed by atoms with Crippen LogP contribution in [-0.2, 0) is 11.2 Å². The summed E-state index contributed by atoms with van der Waals surface area (Å²) in [6, 6.07) is 5.92. The highest BCUT2D eigenvalue weighted by molar-refractivity contribution is 5.82. The van der Waals surface area contributed by atoms with E-state index in [-0.39, 0.29) is 5.41 Å². The number of nitrogens with one attached hydrogen (secondary N) is 1. The van der Waals surface area contributed by atoms with Crippen LogP contribution in [0.25, 0.3) is 0 Å². The van der Waals surface area contributed by atoms with E-state index in [1.54, 1.807) is 6.20 Å². The van der Waals surface area contributed by atoms with Gasteiger partial charge in [-0.15, -0.1) is 0 Å². The SMILES string of the molecule is CCC1(C(=O)N(C)CCc2ccccn2)CCNCC1. The fraction of sp³-hybridized carbons (Fsp3) is 0.625. The number of carbonyl (C=O) groups excluding carboxylic acids is 1. The fourth-order valence-corrected chi connectivity index (χ4v) is 2.96. The molecule has 0 radical (unpaired) electrons. The van der Waals surface area contributed by atoms with E-state index >= 15 is 0 Å². The molecule has 0 saturated carbocycles. The minimum absolute atomic E-state index is 0.149. The van der Waals surface area contributed by atoms with E-state index in [1.807, 2.05) is 30.1 Å². The number of carbonyl (C=O) groups is 1. The Morgan fingerprint density at radius 3 is 2.75 bits per heavy atom. The summed E-state index contributed by atoms with van der Waals surface area (Å²) < 4.78 is 0. The number of rotatable bonds is 5. The first-order valence-electron chi connectivity index (χ1n) is 7.54. The third-order valence-electron chi connectivity index (χ3n) is 4.47. The molecular formula is C16H25N3O. The third-order valence-corrected chi connectivity index (χ3v) is 4.47. The smallest absolute Gasteiger partial charge is 0.228 e. The van der Waals surface area contributed by atoms with Crippen LogP contribution in [-0.4, -0.2) is 42.5 Å². The summed E-state index contributed by atoms with van der Waals surface area (Å²) >= 11 is 0. The van der Waals surface area contributed by atoms with Crippen molar-refractivity contribution >= 4 is 5.91 Å². The van der Waals surface area contributed by atoms with Crippen LogP contribution >= 0.6 is 0 Å². The van der Waals surface area contributed by atoms with Gasteiger partial charge in [-0.1, -0.05) is 13.0 Å². The highest BCUT2D eigenvalue weighted by Gasteiger charge is 2.39. The van der Waals surface area contributed by atoms with E-state index in [0.717, 1.165) is 51.0 Å². The Hall–Kier alpha value is -1.42. The molecule has 2 rings (SSSR count). The van der Waals surface area contributed by atoms with Gasteiger partial charge in [0.2, 0.25) is 5.91 Å². The van der Waals surface area contributed by atoms with Gasteiger partial charge < -0.3 is 10.2 Å². The van der Waals surface area contributed by atoms with Crippen molar-refractivity contribution in [1.82, 2.24) is 15.2 Å². The molecule has 0 aliphatic carbocycles. The molecule has 0 unspecified atom stereocenters. The van der Waals surface area contributed by atoms with Crippen molar-refractivity contribution in [3.63, 3.8) is 0 Å². The van der Waals surface area contributed by atoms with Gasteiger partial charge in [0, 0.05) is 31.9 Å². The molecule has 0 bridgehead atoms. The van der Waals surface area contributed by atoms with Crippen LogP contribution in [0.15, 0.2) is 24.4 Å². The Bertz CT molecular complexity index is 427. The molecular weight excluding hydrogens is 250 g/mol. The summed E-state index contributed by atoms with van der Waals surface area (Å²) in [4.78, 5) is 19.0. The molecule has 1 aliphatic heterocycles. The van der Waals surface area contributed by atoms with Crippen molar-refractivity contribution in [3.8, 4) is 0 Å². The number of hydrogen-bond donors (Lipinski definition) is 1. The standard InChI is InChI=1S/C16H25N3O/c1-3-16(8-11-17-12-9-16)15(20)19(2)13-7-14-6-4-5-10-18-14/h4-6,10,17H,3,7-9,11-13H2,1-2H3. The van der Waals surface area contributed by atoms with Crippen molar-refractivity contribution in [1.29, 1.82) is 0 Å². The zero-order chi connectivity index (χ0) is 14.4. The Labute approximate surface area is 121 Å². The summed E-state index contributed by atoms with van der Waals surface area (Å²) in [5.74, 6) is 0.303. The van der Waals surface area contributed by atoms with Gasteiger partial charge in [0.15, 0.2) is 0 Å². The van der Waals surface area contributed by atoms with Crippen molar-refractivity contribution in [2.75, 3.05) is 26.7 Å². The van der Waals surface area contributed by atoms with E-state index in [0.29, 0.717) is 5.91 Å². The number of likely N-dealkylation sites (N-methyl/N-ethyl adjacent to an activating group) is 1. The van der Waals surface area contributed by atoms with E-state index in [1.165, 1.54) is 0 Å². The average molecular weight is 275 g/mol. The first-order chi connectivity index (χ1) is 9.68. The van der Waals surface area contributed by atoms with Gasteiger partial charge in [-0.2, -0.15) is 0 Å². The molecule has 0 atom stereocenters. The number of amides is 1. The van der Waals surface area contributed by atoms with E-state index in [4.69, 9.17) is 0 Å². The lowest BCUT2D eigenvalue weighted by Crippen LogP contribution is -2.48. The maximum absolute atomic E-state index is 12.8. The van der Waals surface area contributed by atoms with Crippen molar-refractivity contribution in [2.45, 2.75) is 32.6 Å². The van der Waals surface area contributed by atoms with Crippen LogP contribution in [0.5, 0.6) is 0 Å². The molecule has 2 heterocycles. The summed E-state index contributed by atoms with van der Waals surface area (Å²) in [7, 11) is 1.92. The second-order valence-corrected chi connectivity index (χ2v) is 5.68. The Morgan fingerprint density at radius 2 is 2.15 bits per heavy atom. The van der Waals surface area contributed by atoms with E-state index in [2.05, 4.69) is 17.2 Å². The maximum atomic E-state index is 12.8. The summed E-state index contributed by atoms with van der Waals surface area (Å²) in [6.45, 7) is 4.78. The number of aromatic nitrogens is 1. The number of piperidine rings is 1. The zero-order valence-electron chi connectivity index (χ0n) is 12.6. The predicted octanol–water partition coefficient (Wildman–Crippen LogP) is 1.86. The van der Waals surface area contributed by atoms with Gasteiger partial charge in [0.1, 0.15) is 0 Å². The minimum Gasteiger partial charge on any atom is -0.345 e. The zero-order valence-corrected chi connectivity index (χ0v) is 12.6. The quantitative estimate of drug-likeness (QED) is 0.892. The highest BCUT2D eigenvalue weighted by atomic mass is 16.2. The maximum Gasteiger partial charge on any atom is 0.228 e. The number of nitrogens with zero attached hydrogens (tertiary/aromatic N) is 2. The largest absolute Gasteiger partial charge is 0.345 e. The first kappa shape index (κ1) is 15.0. The molecule has 1 aromatic rings. The van der Waals surface area contributed by atoms with Crippen LogP contribution in [0.4, 0.5) is 0 Å². The van der Waals surface area contributed by atoms with Crippen LogP contribution < -0.4 is 5.32 Å². The first-order valence-corrected chi connectivity index (χ1v) is 7.54. The van der Waals surface area contributed by atoms with Crippen molar-refractivity contribution < 1.29 is 4.79 Å². The van der Waals surface area contributed by atoms with E-state index in [9.17, 15) is 4.79 Å². The lowest BCUT2D eigenvalue weighted by atomic mass is 9.75. The van der Waals surface area contributed by atoms with Gasteiger partial charge in [-0.3, -0.25) is 9.78 Å². The van der Waals surface area contributed by atoms with Crippen molar-refractivity contribution in [3.05, 3.63) is 30.1 Å². The second-order valence-electron chi connectivity index (χ2n) is 5.68. The molecule has 0 spiro atoms.